The van der Waals surface area contributed by atoms with Crippen LogP contribution in [0.3, 0.4) is 0 Å². The van der Waals surface area contributed by atoms with E-state index in [0.717, 1.165) is 0 Å². The van der Waals surface area contributed by atoms with Crippen LogP contribution in [0.25, 0.3) is 0 Å². The molecule has 36 heavy (non-hydrogen) atoms. The lowest BCUT2D eigenvalue weighted by Gasteiger charge is -2.34. The van der Waals surface area contributed by atoms with Gasteiger partial charge in [0.05, 0.1) is 24.8 Å². The van der Waals surface area contributed by atoms with E-state index in [1.165, 1.54) is 21.9 Å². The lowest BCUT2D eigenvalue weighted by Crippen LogP contribution is -2.77. The second-order valence-corrected chi connectivity index (χ2v) is 13.5. The molecule has 8 bridgehead atoms. The molecule has 8 heteroatoms. The minimum atomic E-state index is -1.01. The fourth-order valence-corrected chi connectivity index (χ4v) is 6.01. The van der Waals surface area contributed by atoms with E-state index < -0.39 is 25.1 Å². The first kappa shape index (κ1) is 24.5. The standard InChI is InChI=1S/C28H40B4N4/c1-29(2)25-13-9-18-34(21-25)31(5,6)27-15-11-20-36(23-27)32(7,8)28-16-12-19-35(24-28)30(3,4)26-14-10-17-33(29)22-26/h9-24H,1-8H3. The first-order valence-electron chi connectivity index (χ1n) is 13.8. The quantitative estimate of drug-likeness (QED) is 0.337. The summed E-state index contributed by atoms with van der Waals surface area (Å²) in [6.45, 7) is 19.0. The normalized spacial score (nSPS) is 18.9. The number of nitrogens with zero attached hydrogens (tertiary/aromatic N) is 4. The van der Waals surface area contributed by atoms with Gasteiger partial charge in [0, 0.05) is 0 Å². The third-order valence-corrected chi connectivity index (χ3v) is 9.62. The predicted molar refractivity (Wildman–Crippen MR) is 157 cm³/mol. The number of rotatable bonds is 0. The van der Waals surface area contributed by atoms with Crippen LogP contribution in [-0.2, 0) is 0 Å². The zero-order valence-electron chi connectivity index (χ0n) is 23.3. The van der Waals surface area contributed by atoms with E-state index in [-0.39, 0.29) is 0 Å². The first-order valence-corrected chi connectivity index (χ1v) is 13.8. The number of pyridine rings is 4. The largest absolute Gasteiger partial charge is 0.425 e. The van der Waals surface area contributed by atoms with Gasteiger partial charge in [0.1, 0.15) is 24.8 Å². The van der Waals surface area contributed by atoms with Gasteiger partial charge in [0.15, 0.2) is 0 Å². The SMILES string of the molecule is C[B-]1(C)c2ccc[n+](c2)[B-](C)(C)c2ccc[n+](c2)[B-](C)(C)c2ccc[n+](c2)[B-](C)(C)c2ccc[n+]1c2. The Labute approximate surface area is 217 Å². The zero-order valence-corrected chi connectivity index (χ0v) is 23.3. The summed E-state index contributed by atoms with van der Waals surface area (Å²) in [6, 6.07) is 18.0. The molecule has 0 fully saturated rings. The molecule has 4 nitrogen and oxygen atoms in total. The summed E-state index contributed by atoms with van der Waals surface area (Å²) in [5, 5.41) is 0. The van der Waals surface area contributed by atoms with Crippen molar-refractivity contribution in [2.45, 2.75) is 54.6 Å². The molecule has 4 aromatic heterocycles. The summed E-state index contributed by atoms with van der Waals surface area (Å²) >= 11 is 0. The van der Waals surface area contributed by atoms with Crippen molar-refractivity contribution in [3.63, 3.8) is 0 Å². The Balaban J connectivity index is 1.84. The average molecular weight is 476 g/mol. The van der Waals surface area contributed by atoms with Crippen molar-refractivity contribution in [3.8, 4) is 0 Å². The van der Waals surface area contributed by atoms with Gasteiger partial charge >= 0.3 is 25.1 Å². The van der Waals surface area contributed by atoms with Crippen molar-refractivity contribution < 1.29 is 17.9 Å². The molecule has 1 aliphatic rings. The molecule has 0 saturated heterocycles. The lowest BCUT2D eigenvalue weighted by molar-refractivity contribution is -0.555. The van der Waals surface area contributed by atoms with Crippen molar-refractivity contribution in [1.29, 1.82) is 0 Å². The second-order valence-electron chi connectivity index (χ2n) is 13.5. The van der Waals surface area contributed by atoms with Crippen molar-refractivity contribution in [2.24, 2.45) is 0 Å². The summed E-state index contributed by atoms with van der Waals surface area (Å²) in [5.41, 5.74) is 5.43. The van der Waals surface area contributed by atoms with Crippen molar-refractivity contribution in [2.75, 3.05) is 0 Å². The Morgan fingerprint density at radius 2 is 0.556 bits per heavy atom. The topological polar surface area (TPSA) is 15.5 Å². The Bertz CT molecular complexity index is 1160. The highest BCUT2D eigenvalue weighted by atomic mass is 14.9. The molecule has 0 radical (unpaired) electrons. The molecule has 5 rings (SSSR count). The van der Waals surface area contributed by atoms with Gasteiger partial charge in [-0.25, -0.2) is 0 Å². The van der Waals surface area contributed by atoms with Crippen LogP contribution in [0.1, 0.15) is 0 Å². The van der Waals surface area contributed by atoms with Crippen LogP contribution in [0.4, 0.5) is 0 Å². The van der Waals surface area contributed by atoms with Crippen LogP contribution in [0.2, 0.25) is 54.6 Å². The minimum Gasteiger partial charge on any atom is -0.425 e. The van der Waals surface area contributed by atoms with Crippen LogP contribution in [0.5, 0.6) is 0 Å². The molecular weight excluding hydrogens is 436 g/mol. The molecule has 1 aliphatic heterocycles. The Morgan fingerprint density at radius 3 is 0.750 bits per heavy atom. The second kappa shape index (κ2) is 8.19. The molecule has 5 heterocycles. The highest BCUT2D eigenvalue weighted by Crippen LogP contribution is 2.06. The van der Waals surface area contributed by atoms with Crippen molar-refractivity contribution in [1.82, 2.24) is 0 Å². The summed E-state index contributed by atoms with van der Waals surface area (Å²) in [6.07, 6.45) is 14.4. The third kappa shape index (κ3) is 3.82. The van der Waals surface area contributed by atoms with Crippen LogP contribution in [-0.4, -0.2) is 25.1 Å². The van der Waals surface area contributed by atoms with E-state index in [4.69, 9.17) is 0 Å². The molecule has 0 spiro atoms. The van der Waals surface area contributed by atoms with E-state index >= 15 is 0 Å². The van der Waals surface area contributed by atoms with Gasteiger partial charge in [-0.05, 0) is 24.3 Å². The maximum absolute atomic E-state index is 2.44. The Morgan fingerprint density at radius 1 is 0.361 bits per heavy atom. The van der Waals surface area contributed by atoms with E-state index in [1.54, 1.807) is 0 Å². The van der Waals surface area contributed by atoms with Crippen LogP contribution < -0.4 is 39.8 Å². The van der Waals surface area contributed by atoms with Crippen LogP contribution in [0.15, 0.2) is 98.1 Å². The van der Waals surface area contributed by atoms with Gasteiger partial charge in [-0.15, -0.1) is 54.6 Å². The van der Waals surface area contributed by atoms with Crippen molar-refractivity contribution in [3.05, 3.63) is 98.1 Å². The molecule has 4 aromatic rings. The summed E-state index contributed by atoms with van der Waals surface area (Å²) in [5.74, 6) is 0. The number of fused-ring (bicyclic) bond motifs is 8. The number of hydrogen-bond acceptors (Lipinski definition) is 0. The molecular formula is C28H40B4N4. The highest BCUT2D eigenvalue weighted by molar-refractivity contribution is 6.85. The van der Waals surface area contributed by atoms with E-state index in [0.29, 0.717) is 0 Å². The van der Waals surface area contributed by atoms with Gasteiger partial charge in [-0.1, -0.05) is 46.1 Å². The minimum absolute atomic E-state index is 1.01. The predicted octanol–water partition coefficient (Wildman–Crippen LogP) is 0.992. The average Bonchev–Trinajstić information content (AvgIpc) is 2.88. The van der Waals surface area contributed by atoms with Gasteiger partial charge in [0.2, 0.25) is 0 Å². The highest BCUT2D eigenvalue weighted by Gasteiger charge is 2.37. The lowest BCUT2D eigenvalue weighted by atomic mass is 9.31. The van der Waals surface area contributed by atoms with Gasteiger partial charge in [0.25, 0.3) is 0 Å². The molecule has 0 unspecified atom stereocenters. The zero-order chi connectivity index (χ0) is 25.9. The molecule has 0 saturated carbocycles. The van der Waals surface area contributed by atoms with Gasteiger partial charge in [-0.3, -0.25) is 0 Å². The molecule has 0 amide bonds. The first-order chi connectivity index (χ1) is 16.8. The summed E-state index contributed by atoms with van der Waals surface area (Å²) < 4.78 is 9.77. The maximum Gasteiger partial charge on any atom is 0.305 e. The fraction of sp³-hybridized carbons (Fsp3) is 0.286. The number of hydrogen-bond donors (Lipinski definition) is 0. The van der Waals surface area contributed by atoms with Crippen LogP contribution in [0, 0.1) is 0 Å². The van der Waals surface area contributed by atoms with Crippen LogP contribution >= 0.6 is 0 Å². The Hall–Kier alpha value is -3.14. The fourth-order valence-electron chi connectivity index (χ4n) is 6.01. The van der Waals surface area contributed by atoms with E-state index in [2.05, 4.69) is 171 Å². The molecule has 184 valence electrons. The molecule has 0 atom stereocenters. The van der Waals surface area contributed by atoms with E-state index in [9.17, 15) is 0 Å². The maximum atomic E-state index is 2.44. The summed E-state index contributed by atoms with van der Waals surface area (Å²) in [4.78, 5) is 0. The van der Waals surface area contributed by atoms with E-state index in [1.807, 2.05) is 0 Å². The number of aromatic nitrogens is 4. The third-order valence-electron chi connectivity index (χ3n) is 9.62. The molecule has 0 N–H and O–H groups in total. The van der Waals surface area contributed by atoms with Gasteiger partial charge < -0.3 is 17.9 Å². The summed E-state index contributed by atoms with van der Waals surface area (Å²) in [7, 11) is 0. The smallest absolute Gasteiger partial charge is 0.305 e. The molecule has 0 aromatic carbocycles. The molecule has 0 aliphatic carbocycles. The van der Waals surface area contributed by atoms with Crippen molar-refractivity contribution >= 4 is 47.0 Å². The Kier molecular flexibility index (Phi) is 5.59. The van der Waals surface area contributed by atoms with Gasteiger partial charge in [-0.2, -0.15) is 0 Å². The monoisotopic (exact) mass is 476 g/mol.